The van der Waals surface area contributed by atoms with Crippen molar-refractivity contribution in [3.05, 3.63) is 35.8 Å². The van der Waals surface area contributed by atoms with E-state index in [9.17, 15) is 9.90 Å². The highest BCUT2D eigenvalue weighted by molar-refractivity contribution is 6.19. The molecule has 5 heteroatoms. The van der Waals surface area contributed by atoms with Crippen molar-refractivity contribution in [2.45, 2.75) is 13.0 Å². The summed E-state index contributed by atoms with van der Waals surface area (Å²) in [5, 5.41) is 12.4. The molecule has 1 aromatic carbocycles. The number of carbonyl (C=O) groups excluding carboxylic acids is 1. The van der Waals surface area contributed by atoms with Gasteiger partial charge < -0.3 is 15.0 Å². The van der Waals surface area contributed by atoms with Crippen LogP contribution >= 0.6 is 0 Å². The predicted molar refractivity (Wildman–Crippen MR) is 68.0 cm³/mol. The van der Waals surface area contributed by atoms with Gasteiger partial charge in [-0.15, -0.1) is 0 Å². The minimum Gasteiger partial charge on any atom is -0.511 e. The summed E-state index contributed by atoms with van der Waals surface area (Å²) in [6.45, 7) is 0.641. The van der Waals surface area contributed by atoms with Crippen molar-refractivity contribution in [3.8, 4) is 0 Å². The van der Waals surface area contributed by atoms with Gasteiger partial charge in [-0.3, -0.25) is 4.79 Å². The van der Waals surface area contributed by atoms with Crippen LogP contribution in [-0.2, 0) is 11.3 Å². The van der Waals surface area contributed by atoms with Gasteiger partial charge in [0.05, 0.1) is 11.0 Å². The summed E-state index contributed by atoms with van der Waals surface area (Å²) in [4.78, 5) is 16.3. The first-order chi connectivity index (χ1) is 8.72. The van der Waals surface area contributed by atoms with Gasteiger partial charge in [-0.05, 0) is 12.1 Å². The molecule has 0 atom stereocenters. The summed E-state index contributed by atoms with van der Waals surface area (Å²) in [7, 11) is 1.55. The lowest BCUT2D eigenvalue weighted by atomic mass is 10.1. The molecule has 0 spiro atoms. The Morgan fingerprint density at radius 1 is 1.44 bits per heavy atom. The van der Waals surface area contributed by atoms with E-state index in [1.54, 1.807) is 7.05 Å². The average molecular weight is 243 g/mol. The third-order valence-corrected chi connectivity index (χ3v) is 3.19. The number of allylic oxidation sites excluding steroid dienone is 1. The van der Waals surface area contributed by atoms with Crippen LogP contribution in [0.15, 0.2) is 30.0 Å². The van der Waals surface area contributed by atoms with Crippen LogP contribution in [0.3, 0.4) is 0 Å². The fraction of sp³-hybridized carbons (Fsp3) is 0.231. The molecule has 2 N–H and O–H groups in total. The van der Waals surface area contributed by atoms with E-state index >= 15 is 0 Å². The zero-order chi connectivity index (χ0) is 12.7. The molecule has 18 heavy (non-hydrogen) atoms. The summed E-state index contributed by atoms with van der Waals surface area (Å²) in [5.74, 6) is 0.347. The Hall–Kier alpha value is -2.30. The molecule has 1 aliphatic rings. The van der Waals surface area contributed by atoms with Gasteiger partial charge in [0.25, 0.3) is 5.91 Å². The Morgan fingerprint density at radius 2 is 2.22 bits per heavy atom. The van der Waals surface area contributed by atoms with Crippen LogP contribution in [0, 0.1) is 0 Å². The van der Waals surface area contributed by atoms with E-state index in [4.69, 9.17) is 0 Å². The van der Waals surface area contributed by atoms with E-state index in [2.05, 4.69) is 10.3 Å². The van der Waals surface area contributed by atoms with Gasteiger partial charge in [0.15, 0.2) is 0 Å². The van der Waals surface area contributed by atoms with Crippen LogP contribution in [0.5, 0.6) is 0 Å². The van der Waals surface area contributed by atoms with Crippen LogP contribution in [0.25, 0.3) is 16.6 Å². The van der Waals surface area contributed by atoms with Crippen molar-refractivity contribution in [1.29, 1.82) is 0 Å². The van der Waals surface area contributed by atoms with Crippen LogP contribution in [0.4, 0.5) is 0 Å². The first-order valence-corrected chi connectivity index (χ1v) is 5.82. The molecule has 0 fully saturated rings. The predicted octanol–water partition coefficient (Wildman–Crippen LogP) is 1.46. The largest absolute Gasteiger partial charge is 0.511 e. The van der Waals surface area contributed by atoms with E-state index in [1.165, 1.54) is 0 Å². The summed E-state index contributed by atoms with van der Waals surface area (Å²) < 4.78 is 1.97. The number of aliphatic hydroxyl groups is 1. The lowest BCUT2D eigenvalue weighted by Crippen LogP contribution is -2.25. The number of para-hydroxylation sites is 2. The summed E-state index contributed by atoms with van der Waals surface area (Å²) >= 11 is 0. The van der Waals surface area contributed by atoms with E-state index in [-0.39, 0.29) is 17.2 Å². The van der Waals surface area contributed by atoms with Gasteiger partial charge in [-0.2, -0.15) is 0 Å². The number of benzene rings is 1. The second kappa shape index (κ2) is 3.87. The lowest BCUT2D eigenvalue weighted by molar-refractivity contribution is -0.115. The molecule has 2 heterocycles. The lowest BCUT2D eigenvalue weighted by Gasteiger charge is -2.17. The van der Waals surface area contributed by atoms with Crippen LogP contribution in [0.2, 0.25) is 0 Å². The number of carbonyl (C=O) groups is 1. The van der Waals surface area contributed by atoms with Crippen molar-refractivity contribution >= 4 is 22.5 Å². The van der Waals surface area contributed by atoms with Gasteiger partial charge in [0.1, 0.15) is 17.2 Å². The number of aromatic nitrogens is 2. The van der Waals surface area contributed by atoms with Crippen molar-refractivity contribution in [1.82, 2.24) is 14.9 Å². The third kappa shape index (κ3) is 1.40. The normalized spacial score (nSPS) is 14.7. The Balaban J connectivity index is 2.28. The fourth-order valence-corrected chi connectivity index (χ4v) is 2.32. The second-order valence-electron chi connectivity index (χ2n) is 4.23. The summed E-state index contributed by atoms with van der Waals surface area (Å²) in [6, 6.07) is 7.72. The van der Waals surface area contributed by atoms with Crippen molar-refractivity contribution in [3.63, 3.8) is 0 Å². The van der Waals surface area contributed by atoms with E-state index in [0.717, 1.165) is 11.0 Å². The Morgan fingerprint density at radius 3 is 3.00 bits per heavy atom. The Labute approximate surface area is 104 Å². The van der Waals surface area contributed by atoms with Gasteiger partial charge in [-0.25, -0.2) is 4.98 Å². The van der Waals surface area contributed by atoms with Gasteiger partial charge >= 0.3 is 0 Å². The van der Waals surface area contributed by atoms with Gasteiger partial charge in [0.2, 0.25) is 0 Å². The highest BCUT2D eigenvalue weighted by Crippen LogP contribution is 2.29. The smallest absolute Gasteiger partial charge is 0.258 e. The standard InChI is InChI=1S/C13H13N3O2/c1-14-13(18)11-10(17)6-7-16-9-5-3-2-4-8(9)15-12(11)16/h2-5,17H,6-7H2,1H3,(H,14,18). The molecule has 2 aromatic rings. The maximum Gasteiger partial charge on any atom is 0.258 e. The molecule has 3 rings (SSSR count). The molecule has 0 aliphatic carbocycles. The Kier molecular flexibility index (Phi) is 2.33. The number of nitrogens with zero attached hydrogens (tertiary/aromatic N) is 2. The van der Waals surface area contributed by atoms with Crippen molar-refractivity contribution < 1.29 is 9.90 Å². The van der Waals surface area contributed by atoms with Gasteiger partial charge in [-0.1, -0.05) is 12.1 Å². The molecule has 0 radical (unpaired) electrons. The SMILES string of the molecule is CNC(=O)C1=C(O)CCn2c1nc1ccccc12. The summed E-state index contributed by atoms with van der Waals surface area (Å²) in [6.07, 6.45) is 0.454. The maximum atomic E-state index is 11.8. The summed E-state index contributed by atoms with van der Waals surface area (Å²) in [5.41, 5.74) is 2.10. The molecule has 0 unspecified atom stereocenters. The average Bonchev–Trinajstić information content (AvgIpc) is 2.76. The van der Waals surface area contributed by atoms with Crippen LogP contribution < -0.4 is 5.32 Å². The highest BCUT2D eigenvalue weighted by Gasteiger charge is 2.26. The molecule has 0 bridgehead atoms. The zero-order valence-electron chi connectivity index (χ0n) is 9.97. The minimum absolute atomic E-state index is 0.108. The zero-order valence-corrected chi connectivity index (χ0v) is 9.97. The number of aliphatic hydroxyl groups excluding tert-OH is 1. The number of fused-ring (bicyclic) bond motifs is 3. The molecule has 1 aliphatic heterocycles. The van der Waals surface area contributed by atoms with Crippen molar-refractivity contribution in [2.75, 3.05) is 7.05 Å². The van der Waals surface area contributed by atoms with E-state index in [1.807, 2.05) is 28.8 Å². The molecular formula is C13H13N3O2. The maximum absolute atomic E-state index is 11.8. The second-order valence-corrected chi connectivity index (χ2v) is 4.23. The molecule has 1 aromatic heterocycles. The number of nitrogens with one attached hydrogen (secondary N) is 1. The number of likely N-dealkylation sites (N-methyl/N-ethyl adjacent to an activating group) is 1. The number of imidazole rings is 1. The number of hydrogen-bond donors (Lipinski definition) is 2. The molecular weight excluding hydrogens is 230 g/mol. The number of amides is 1. The number of rotatable bonds is 1. The van der Waals surface area contributed by atoms with E-state index < -0.39 is 0 Å². The molecule has 0 saturated heterocycles. The third-order valence-electron chi connectivity index (χ3n) is 3.19. The van der Waals surface area contributed by atoms with Gasteiger partial charge in [0, 0.05) is 20.0 Å². The monoisotopic (exact) mass is 243 g/mol. The quantitative estimate of drug-likeness (QED) is 0.796. The molecule has 5 nitrogen and oxygen atoms in total. The van der Waals surface area contributed by atoms with Crippen LogP contribution in [0.1, 0.15) is 12.2 Å². The topological polar surface area (TPSA) is 67.2 Å². The molecule has 0 saturated carbocycles. The minimum atomic E-state index is -0.302. The fourth-order valence-electron chi connectivity index (χ4n) is 2.32. The van der Waals surface area contributed by atoms with Crippen LogP contribution in [-0.4, -0.2) is 27.6 Å². The Bertz CT molecular complexity index is 670. The first kappa shape index (κ1) is 10.8. The first-order valence-electron chi connectivity index (χ1n) is 5.82. The number of aryl methyl sites for hydroxylation is 1. The molecule has 92 valence electrons. The number of hydrogen-bond acceptors (Lipinski definition) is 3. The van der Waals surface area contributed by atoms with E-state index in [0.29, 0.717) is 18.8 Å². The molecule has 1 amide bonds. The van der Waals surface area contributed by atoms with Crippen molar-refractivity contribution in [2.24, 2.45) is 0 Å². The highest BCUT2D eigenvalue weighted by atomic mass is 16.3.